The first-order valence-electron chi connectivity index (χ1n) is 8.43. The maximum atomic E-state index is 4.85. The third kappa shape index (κ3) is 3.13. The van der Waals surface area contributed by atoms with Crippen LogP contribution >= 0.6 is 0 Å². The summed E-state index contributed by atoms with van der Waals surface area (Å²) in [6, 6.07) is 9.18. The van der Waals surface area contributed by atoms with E-state index in [1.807, 2.05) is 0 Å². The predicted octanol–water partition coefficient (Wildman–Crippen LogP) is 3.77. The SMILES string of the molecule is CCn1nc(CC(CC2CCCC2)NC)c2ccccc21. The van der Waals surface area contributed by atoms with E-state index < -0.39 is 0 Å². The molecule has 21 heavy (non-hydrogen) atoms. The van der Waals surface area contributed by atoms with E-state index in [9.17, 15) is 0 Å². The Morgan fingerprint density at radius 2 is 2.05 bits per heavy atom. The van der Waals surface area contributed by atoms with Gasteiger partial charge in [-0.05, 0) is 32.4 Å². The molecule has 0 spiro atoms. The lowest BCUT2D eigenvalue weighted by molar-refractivity contribution is 0.400. The first-order valence-corrected chi connectivity index (χ1v) is 8.43. The summed E-state index contributed by atoms with van der Waals surface area (Å²) < 4.78 is 2.13. The van der Waals surface area contributed by atoms with Gasteiger partial charge in [-0.15, -0.1) is 0 Å². The number of hydrogen-bond donors (Lipinski definition) is 1. The van der Waals surface area contributed by atoms with E-state index in [2.05, 4.69) is 48.2 Å². The molecule has 0 amide bonds. The normalized spacial score (nSPS) is 17.6. The highest BCUT2D eigenvalue weighted by atomic mass is 15.3. The van der Waals surface area contributed by atoms with Crippen molar-refractivity contribution in [3.63, 3.8) is 0 Å². The van der Waals surface area contributed by atoms with Crippen molar-refractivity contribution in [1.82, 2.24) is 15.1 Å². The van der Waals surface area contributed by atoms with Gasteiger partial charge in [-0.2, -0.15) is 5.10 Å². The number of likely N-dealkylation sites (N-methyl/N-ethyl adjacent to an activating group) is 1. The van der Waals surface area contributed by atoms with Crippen LogP contribution < -0.4 is 5.32 Å². The molecule has 1 saturated carbocycles. The van der Waals surface area contributed by atoms with Crippen molar-refractivity contribution in [2.45, 2.75) is 58.0 Å². The second-order valence-electron chi connectivity index (χ2n) is 6.36. The van der Waals surface area contributed by atoms with E-state index in [4.69, 9.17) is 5.10 Å². The summed E-state index contributed by atoms with van der Waals surface area (Å²) in [6.07, 6.45) is 8.03. The molecule has 3 nitrogen and oxygen atoms in total. The van der Waals surface area contributed by atoms with Crippen LogP contribution in [0, 0.1) is 5.92 Å². The maximum Gasteiger partial charge on any atom is 0.0718 e. The number of nitrogens with zero attached hydrogens (tertiary/aromatic N) is 2. The van der Waals surface area contributed by atoms with E-state index >= 15 is 0 Å². The summed E-state index contributed by atoms with van der Waals surface area (Å²) in [5.74, 6) is 0.918. The van der Waals surface area contributed by atoms with Crippen molar-refractivity contribution in [3.8, 4) is 0 Å². The average Bonchev–Trinajstić information content (AvgIpc) is 3.14. The van der Waals surface area contributed by atoms with Gasteiger partial charge >= 0.3 is 0 Å². The zero-order valence-corrected chi connectivity index (χ0v) is 13.3. The Balaban J connectivity index is 1.79. The number of aryl methyl sites for hydroxylation is 1. The Hall–Kier alpha value is -1.35. The predicted molar refractivity (Wildman–Crippen MR) is 88.5 cm³/mol. The highest BCUT2D eigenvalue weighted by Gasteiger charge is 2.21. The van der Waals surface area contributed by atoms with Crippen LogP contribution in [-0.4, -0.2) is 22.9 Å². The minimum atomic E-state index is 0.553. The van der Waals surface area contributed by atoms with E-state index in [1.165, 1.54) is 48.7 Å². The van der Waals surface area contributed by atoms with Gasteiger partial charge < -0.3 is 5.32 Å². The Morgan fingerprint density at radius 3 is 2.76 bits per heavy atom. The number of benzene rings is 1. The smallest absolute Gasteiger partial charge is 0.0718 e. The zero-order valence-electron chi connectivity index (χ0n) is 13.3. The molecule has 0 bridgehead atoms. The molecule has 3 rings (SSSR count). The lowest BCUT2D eigenvalue weighted by Crippen LogP contribution is -2.30. The first-order chi connectivity index (χ1) is 10.3. The van der Waals surface area contributed by atoms with Gasteiger partial charge in [-0.25, -0.2) is 0 Å². The molecule has 1 atom stereocenters. The summed E-state index contributed by atoms with van der Waals surface area (Å²) in [5, 5.41) is 9.69. The fourth-order valence-corrected chi connectivity index (χ4v) is 3.77. The third-order valence-electron chi connectivity index (χ3n) is 4.97. The van der Waals surface area contributed by atoms with Gasteiger partial charge in [0.05, 0.1) is 11.2 Å². The average molecular weight is 285 g/mol. The molecule has 1 N–H and O–H groups in total. The molecule has 1 aliphatic carbocycles. The highest BCUT2D eigenvalue weighted by molar-refractivity contribution is 5.82. The standard InChI is InChI=1S/C18H27N3/c1-3-21-18-11-7-6-10-16(18)17(20-21)13-15(19-2)12-14-8-4-5-9-14/h6-7,10-11,14-15,19H,3-5,8-9,12-13H2,1-2H3. The Labute approximate surface area is 127 Å². The fourth-order valence-electron chi connectivity index (χ4n) is 3.77. The van der Waals surface area contributed by atoms with Crippen LogP contribution in [0.3, 0.4) is 0 Å². The summed E-state index contributed by atoms with van der Waals surface area (Å²) in [7, 11) is 2.10. The fraction of sp³-hybridized carbons (Fsp3) is 0.611. The van der Waals surface area contributed by atoms with Gasteiger partial charge in [0.15, 0.2) is 0 Å². The van der Waals surface area contributed by atoms with Gasteiger partial charge in [0.1, 0.15) is 0 Å². The quantitative estimate of drug-likeness (QED) is 0.875. The summed E-state index contributed by atoms with van der Waals surface area (Å²) in [4.78, 5) is 0. The second kappa shape index (κ2) is 6.61. The van der Waals surface area contributed by atoms with Crippen LogP contribution in [0.1, 0.15) is 44.7 Å². The van der Waals surface area contributed by atoms with E-state index in [1.54, 1.807) is 0 Å². The van der Waals surface area contributed by atoms with Crippen LogP contribution in [-0.2, 0) is 13.0 Å². The molecule has 0 saturated heterocycles. The van der Waals surface area contributed by atoms with Gasteiger partial charge in [0.25, 0.3) is 0 Å². The minimum Gasteiger partial charge on any atom is -0.317 e. The van der Waals surface area contributed by atoms with Gasteiger partial charge in [-0.3, -0.25) is 4.68 Å². The number of aromatic nitrogens is 2. The van der Waals surface area contributed by atoms with Crippen LogP contribution in [0.5, 0.6) is 0 Å². The van der Waals surface area contributed by atoms with Crippen molar-refractivity contribution >= 4 is 10.9 Å². The first kappa shape index (κ1) is 14.6. The van der Waals surface area contributed by atoms with Gasteiger partial charge in [-0.1, -0.05) is 43.9 Å². The minimum absolute atomic E-state index is 0.553. The molecule has 2 aromatic rings. The van der Waals surface area contributed by atoms with Gasteiger partial charge in [0, 0.05) is 24.4 Å². The van der Waals surface area contributed by atoms with Crippen LogP contribution in [0.25, 0.3) is 10.9 Å². The molecule has 0 aliphatic heterocycles. The second-order valence-corrected chi connectivity index (χ2v) is 6.36. The molecule has 114 valence electrons. The van der Waals surface area contributed by atoms with E-state index in [-0.39, 0.29) is 0 Å². The van der Waals surface area contributed by atoms with Crippen LogP contribution in [0.2, 0.25) is 0 Å². The summed E-state index contributed by atoms with van der Waals surface area (Å²) in [6.45, 7) is 3.10. The Morgan fingerprint density at radius 1 is 1.29 bits per heavy atom. The molecular formula is C18H27N3. The van der Waals surface area contributed by atoms with Crippen molar-refractivity contribution in [2.24, 2.45) is 5.92 Å². The molecule has 3 heteroatoms. The molecule has 1 fully saturated rings. The highest BCUT2D eigenvalue weighted by Crippen LogP contribution is 2.29. The largest absolute Gasteiger partial charge is 0.317 e. The lowest BCUT2D eigenvalue weighted by Gasteiger charge is -2.19. The monoisotopic (exact) mass is 285 g/mol. The number of rotatable bonds is 6. The molecule has 1 unspecified atom stereocenters. The van der Waals surface area contributed by atoms with Crippen molar-refractivity contribution in [2.75, 3.05) is 7.05 Å². The number of para-hydroxylation sites is 1. The number of hydrogen-bond acceptors (Lipinski definition) is 2. The van der Waals surface area contributed by atoms with Crippen LogP contribution in [0.4, 0.5) is 0 Å². The zero-order chi connectivity index (χ0) is 14.7. The lowest BCUT2D eigenvalue weighted by atomic mass is 9.95. The van der Waals surface area contributed by atoms with Crippen molar-refractivity contribution in [3.05, 3.63) is 30.0 Å². The Kier molecular flexibility index (Phi) is 4.59. The third-order valence-corrected chi connectivity index (χ3v) is 4.97. The molecular weight excluding hydrogens is 258 g/mol. The molecule has 1 aliphatic rings. The molecule has 1 aromatic heterocycles. The number of fused-ring (bicyclic) bond motifs is 1. The van der Waals surface area contributed by atoms with Crippen molar-refractivity contribution < 1.29 is 0 Å². The van der Waals surface area contributed by atoms with Crippen LogP contribution in [0.15, 0.2) is 24.3 Å². The maximum absolute atomic E-state index is 4.85. The molecule has 1 aromatic carbocycles. The van der Waals surface area contributed by atoms with E-state index in [0.717, 1.165) is 18.9 Å². The van der Waals surface area contributed by atoms with E-state index in [0.29, 0.717) is 6.04 Å². The molecule has 0 radical (unpaired) electrons. The molecule has 1 heterocycles. The van der Waals surface area contributed by atoms with Crippen molar-refractivity contribution in [1.29, 1.82) is 0 Å². The summed E-state index contributed by atoms with van der Waals surface area (Å²) >= 11 is 0. The van der Waals surface area contributed by atoms with Gasteiger partial charge in [0.2, 0.25) is 0 Å². The Bertz CT molecular complexity index is 581. The topological polar surface area (TPSA) is 29.9 Å². The number of nitrogens with one attached hydrogen (secondary N) is 1. The summed E-state index contributed by atoms with van der Waals surface area (Å²) in [5.41, 5.74) is 2.52.